The lowest BCUT2D eigenvalue weighted by Crippen LogP contribution is -2.49. The number of hydrogen-bond donors (Lipinski definition) is 0. The lowest BCUT2D eigenvalue weighted by molar-refractivity contribution is 0.415. The van der Waals surface area contributed by atoms with E-state index in [0.29, 0.717) is 0 Å². The van der Waals surface area contributed by atoms with Gasteiger partial charge in [0.05, 0.1) is 17.6 Å². The van der Waals surface area contributed by atoms with Crippen molar-refractivity contribution < 1.29 is 17.6 Å². The van der Waals surface area contributed by atoms with Gasteiger partial charge in [-0.05, 0) is 10.4 Å². The first-order valence-corrected chi connectivity index (χ1v) is 10.9. The van der Waals surface area contributed by atoms with Gasteiger partial charge in [-0.25, -0.2) is 17.6 Å². The van der Waals surface area contributed by atoms with Crippen LogP contribution >= 0.6 is 0 Å². The van der Waals surface area contributed by atoms with Crippen molar-refractivity contribution >= 4 is 28.0 Å². The van der Waals surface area contributed by atoms with Gasteiger partial charge < -0.3 is 0 Å². The second-order valence-corrected chi connectivity index (χ2v) is 10.2. The fraction of sp³-hybridized carbons (Fsp3) is 0.400. The molecule has 0 aliphatic rings. The van der Waals surface area contributed by atoms with Crippen molar-refractivity contribution in [3.05, 3.63) is 23.3 Å². The summed E-state index contributed by atoms with van der Waals surface area (Å²) in [6, 6.07) is 0. The molecule has 0 spiro atoms. The van der Waals surface area contributed by atoms with Crippen molar-refractivity contribution in [2.45, 2.75) is 26.2 Å². The van der Waals surface area contributed by atoms with Crippen LogP contribution in [0.1, 0.15) is 0 Å². The topological polar surface area (TPSA) is 0 Å². The van der Waals surface area contributed by atoms with Crippen LogP contribution in [0.5, 0.6) is 0 Å². The highest BCUT2D eigenvalue weighted by Gasteiger charge is 2.28. The van der Waals surface area contributed by atoms with Crippen molar-refractivity contribution in [2.75, 3.05) is 0 Å². The molecule has 1 rings (SSSR count). The maximum Gasteiger partial charge on any atom is 0.197 e. The molecule has 0 heterocycles. The minimum absolute atomic E-state index is 0.123. The predicted molar refractivity (Wildman–Crippen MR) is 63.3 cm³/mol. The molecule has 0 radical (unpaired) electrons. The second kappa shape index (κ2) is 4.71. The van der Waals surface area contributed by atoms with E-state index in [-0.39, 0.29) is 10.4 Å². The number of halogens is 4. The summed E-state index contributed by atoms with van der Waals surface area (Å²) >= 11 is 0. The van der Waals surface area contributed by atoms with Gasteiger partial charge in [0.25, 0.3) is 0 Å². The van der Waals surface area contributed by atoms with Crippen molar-refractivity contribution in [1.82, 2.24) is 0 Å². The minimum Gasteiger partial charge on any atom is -0.204 e. The maximum absolute atomic E-state index is 13.6. The Labute approximate surface area is 95.5 Å². The molecule has 1 aromatic carbocycles. The van der Waals surface area contributed by atoms with Crippen molar-refractivity contribution in [1.29, 1.82) is 0 Å². The van der Waals surface area contributed by atoms with Crippen LogP contribution < -0.4 is 10.4 Å². The standard InChI is InChI=1S/C10H14F4Si2/c1-15(2)9-7(13)5(11)6(12)8(14)10(9)16(3)4/h15-16H,1-4H3. The van der Waals surface area contributed by atoms with E-state index in [1.54, 1.807) is 26.2 Å². The lowest BCUT2D eigenvalue weighted by atomic mass is 10.3. The van der Waals surface area contributed by atoms with Crippen LogP contribution in [0.3, 0.4) is 0 Å². The molecule has 0 fully saturated rings. The van der Waals surface area contributed by atoms with Crippen LogP contribution in [0, 0.1) is 23.3 Å². The predicted octanol–water partition coefficient (Wildman–Crippen LogP) is 1.63. The van der Waals surface area contributed by atoms with Crippen molar-refractivity contribution in [3.63, 3.8) is 0 Å². The number of rotatable bonds is 2. The zero-order valence-corrected chi connectivity index (χ0v) is 12.0. The van der Waals surface area contributed by atoms with E-state index in [9.17, 15) is 17.6 Å². The SMILES string of the molecule is C[SiH](C)c1c(F)c(F)c(F)c(F)c1[SiH](C)C. The van der Waals surface area contributed by atoms with E-state index in [0.717, 1.165) is 0 Å². The molecule has 0 amide bonds. The third-order valence-electron chi connectivity index (χ3n) is 2.50. The Hall–Kier alpha value is -0.626. The molecule has 0 nitrogen and oxygen atoms in total. The Morgan fingerprint density at radius 3 is 1.00 bits per heavy atom. The molecule has 0 bridgehead atoms. The van der Waals surface area contributed by atoms with E-state index in [1.165, 1.54) is 0 Å². The smallest absolute Gasteiger partial charge is 0.197 e. The molecule has 0 aliphatic carbocycles. The molecular weight excluding hydrogens is 252 g/mol. The van der Waals surface area contributed by atoms with Gasteiger partial charge >= 0.3 is 0 Å². The van der Waals surface area contributed by atoms with Gasteiger partial charge in [0.15, 0.2) is 23.3 Å². The second-order valence-electron chi connectivity index (χ2n) is 4.39. The monoisotopic (exact) mass is 266 g/mol. The van der Waals surface area contributed by atoms with Gasteiger partial charge in [-0.1, -0.05) is 26.2 Å². The molecule has 0 unspecified atom stereocenters. The van der Waals surface area contributed by atoms with E-state index >= 15 is 0 Å². The fourth-order valence-corrected chi connectivity index (χ4v) is 6.56. The molecule has 0 aliphatic heterocycles. The van der Waals surface area contributed by atoms with Crippen LogP contribution in [0.4, 0.5) is 17.6 Å². The first-order valence-electron chi connectivity index (χ1n) is 5.14. The minimum atomic E-state index is -1.73. The van der Waals surface area contributed by atoms with Gasteiger partial charge in [0.1, 0.15) is 0 Å². The fourth-order valence-electron chi connectivity index (χ4n) is 1.79. The van der Waals surface area contributed by atoms with Crippen LogP contribution in [-0.4, -0.2) is 17.6 Å². The Morgan fingerprint density at radius 2 is 0.812 bits per heavy atom. The maximum atomic E-state index is 13.6. The third-order valence-corrected chi connectivity index (χ3v) is 6.27. The average Bonchev–Trinajstić information content (AvgIpc) is 2.18. The molecule has 0 aromatic heterocycles. The molecule has 6 heteroatoms. The first-order chi connectivity index (χ1) is 7.29. The summed E-state index contributed by atoms with van der Waals surface area (Å²) in [4.78, 5) is 0. The average molecular weight is 266 g/mol. The summed E-state index contributed by atoms with van der Waals surface area (Å²) in [5.41, 5.74) is 0. The summed E-state index contributed by atoms with van der Waals surface area (Å²) in [5.74, 6) is -5.72. The molecule has 90 valence electrons. The van der Waals surface area contributed by atoms with E-state index < -0.39 is 40.9 Å². The Bertz CT molecular complexity index is 377. The van der Waals surface area contributed by atoms with Crippen LogP contribution in [0.2, 0.25) is 26.2 Å². The lowest BCUT2D eigenvalue weighted by Gasteiger charge is -2.17. The zero-order valence-electron chi connectivity index (χ0n) is 9.67. The van der Waals surface area contributed by atoms with Crippen LogP contribution in [-0.2, 0) is 0 Å². The summed E-state index contributed by atoms with van der Waals surface area (Å²) in [6.07, 6.45) is 0. The summed E-state index contributed by atoms with van der Waals surface area (Å²) in [6.45, 7) is 7.09. The van der Waals surface area contributed by atoms with Crippen molar-refractivity contribution in [2.24, 2.45) is 0 Å². The molecule has 0 saturated carbocycles. The summed E-state index contributed by atoms with van der Waals surface area (Å²) in [5, 5.41) is 0.246. The molecule has 0 atom stereocenters. The molecule has 0 saturated heterocycles. The highest BCUT2D eigenvalue weighted by atomic mass is 28.3. The summed E-state index contributed by atoms with van der Waals surface area (Å²) < 4.78 is 53.4. The van der Waals surface area contributed by atoms with Gasteiger partial charge in [0.2, 0.25) is 0 Å². The normalized spacial score (nSPS) is 11.6. The van der Waals surface area contributed by atoms with Gasteiger partial charge in [-0.3, -0.25) is 0 Å². The van der Waals surface area contributed by atoms with Gasteiger partial charge in [-0.2, -0.15) is 0 Å². The van der Waals surface area contributed by atoms with E-state index in [1.807, 2.05) is 0 Å². The highest BCUT2D eigenvalue weighted by Crippen LogP contribution is 2.12. The molecule has 16 heavy (non-hydrogen) atoms. The molecular formula is C10H14F4Si2. The molecule has 0 N–H and O–H groups in total. The Balaban J connectivity index is 3.69. The Kier molecular flexibility index (Phi) is 3.95. The third kappa shape index (κ3) is 2.08. The van der Waals surface area contributed by atoms with E-state index in [4.69, 9.17) is 0 Å². The van der Waals surface area contributed by atoms with E-state index in [2.05, 4.69) is 0 Å². The van der Waals surface area contributed by atoms with Crippen LogP contribution in [0.15, 0.2) is 0 Å². The zero-order chi connectivity index (χ0) is 12.6. The van der Waals surface area contributed by atoms with Gasteiger partial charge in [-0.15, -0.1) is 0 Å². The van der Waals surface area contributed by atoms with Crippen LogP contribution in [0.25, 0.3) is 0 Å². The van der Waals surface area contributed by atoms with Crippen molar-refractivity contribution in [3.8, 4) is 0 Å². The van der Waals surface area contributed by atoms with Gasteiger partial charge in [0, 0.05) is 0 Å². The number of hydrogen-bond acceptors (Lipinski definition) is 0. The largest absolute Gasteiger partial charge is 0.204 e. The highest BCUT2D eigenvalue weighted by molar-refractivity contribution is 6.82. The Morgan fingerprint density at radius 1 is 0.562 bits per heavy atom. The first kappa shape index (κ1) is 13.4. The number of benzene rings is 1. The quantitative estimate of drug-likeness (QED) is 0.330. The summed E-state index contributed by atoms with van der Waals surface area (Å²) in [7, 11) is -3.45. The molecule has 1 aromatic rings.